The van der Waals surface area contributed by atoms with E-state index in [1.807, 2.05) is 59.2 Å². The zero-order chi connectivity index (χ0) is 24.7. The second kappa shape index (κ2) is 11.0. The molecule has 0 saturated carbocycles. The molecular weight excluding hydrogens is 478 g/mol. The number of hydrogen-bond acceptors (Lipinski definition) is 8. The van der Waals surface area contributed by atoms with Crippen molar-refractivity contribution in [1.82, 2.24) is 14.8 Å². The fourth-order valence-electron chi connectivity index (χ4n) is 3.67. The van der Waals surface area contributed by atoms with E-state index in [-0.39, 0.29) is 12.7 Å². The quantitative estimate of drug-likeness (QED) is 0.300. The first-order valence-electron chi connectivity index (χ1n) is 11.4. The summed E-state index contributed by atoms with van der Waals surface area (Å²) in [5.74, 6) is 3.34. The minimum Gasteiger partial charge on any atom is -0.497 e. The molecule has 0 spiro atoms. The Morgan fingerprint density at radius 3 is 2.58 bits per heavy atom. The molecule has 1 amide bonds. The lowest BCUT2D eigenvalue weighted by Gasteiger charge is -2.12. The first-order valence-corrected chi connectivity index (χ1v) is 12.4. The molecule has 0 radical (unpaired) electrons. The van der Waals surface area contributed by atoms with Crippen LogP contribution in [0, 0.1) is 0 Å². The average Bonchev–Trinajstić information content (AvgIpc) is 3.55. The van der Waals surface area contributed by atoms with Crippen LogP contribution in [0.15, 0.2) is 78.0 Å². The van der Waals surface area contributed by atoms with E-state index in [1.165, 1.54) is 11.8 Å². The Hall–Kier alpha value is -4.18. The predicted molar refractivity (Wildman–Crippen MR) is 138 cm³/mol. The van der Waals surface area contributed by atoms with Crippen molar-refractivity contribution in [3.8, 4) is 22.9 Å². The Morgan fingerprint density at radius 1 is 1.00 bits per heavy atom. The van der Waals surface area contributed by atoms with Crippen molar-refractivity contribution in [2.75, 3.05) is 30.3 Å². The van der Waals surface area contributed by atoms with Gasteiger partial charge in [0.25, 0.3) is 0 Å². The number of anilines is 2. The van der Waals surface area contributed by atoms with Crippen LogP contribution in [0.5, 0.6) is 17.2 Å². The maximum absolute atomic E-state index is 12.5. The van der Waals surface area contributed by atoms with Gasteiger partial charge in [-0.15, -0.1) is 10.2 Å². The molecule has 36 heavy (non-hydrogen) atoms. The van der Waals surface area contributed by atoms with E-state index in [0.717, 1.165) is 28.1 Å². The topological polar surface area (TPSA) is 99.5 Å². The molecule has 0 saturated heterocycles. The molecule has 0 atom stereocenters. The number of ether oxygens (including phenoxy) is 3. The first-order chi connectivity index (χ1) is 17.7. The van der Waals surface area contributed by atoms with Gasteiger partial charge < -0.3 is 24.8 Å². The summed E-state index contributed by atoms with van der Waals surface area (Å²) >= 11 is 1.49. The molecule has 3 aromatic carbocycles. The van der Waals surface area contributed by atoms with Crippen LogP contribution in [-0.2, 0) is 11.3 Å². The number of methoxy groups -OCH3 is 1. The lowest BCUT2D eigenvalue weighted by Crippen LogP contribution is -2.12. The number of thioether (sulfide) groups is 1. The monoisotopic (exact) mass is 503 g/mol. The highest BCUT2D eigenvalue weighted by molar-refractivity contribution is 7.99. The van der Waals surface area contributed by atoms with Crippen LogP contribution in [0.1, 0.15) is 12.2 Å². The predicted octanol–water partition coefficient (Wildman–Crippen LogP) is 4.74. The fourth-order valence-corrected chi connectivity index (χ4v) is 4.58. The fraction of sp³-hybridized carbons (Fsp3) is 0.192. The third kappa shape index (κ3) is 5.55. The number of benzene rings is 3. The summed E-state index contributed by atoms with van der Waals surface area (Å²) in [6.45, 7) is 0.683. The number of aromatic nitrogens is 3. The molecule has 5 rings (SSSR count). The Balaban J connectivity index is 1.22. The summed E-state index contributed by atoms with van der Waals surface area (Å²) in [4.78, 5) is 12.5. The summed E-state index contributed by atoms with van der Waals surface area (Å²) in [5, 5.41) is 15.8. The van der Waals surface area contributed by atoms with Crippen LogP contribution in [-0.4, -0.2) is 40.3 Å². The first kappa shape index (κ1) is 23.6. The molecule has 10 heteroatoms. The Labute approximate surface area is 212 Å². The van der Waals surface area contributed by atoms with Crippen LogP contribution in [0.4, 0.5) is 11.4 Å². The van der Waals surface area contributed by atoms with Gasteiger partial charge in [-0.2, -0.15) is 0 Å². The standard InChI is InChI=1S/C26H25N5O4S/c1-33-21-10-7-18(8-11-21)27-16-24-29-30-26(31(24)20-5-3-2-4-6-20)36-14-13-25(32)28-19-9-12-22-23(15-19)35-17-34-22/h2-12,15,27H,13-14,16-17H2,1H3,(H,28,32). The zero-order valence-corrected chi connectivity index (χ0v) is 20.5. The van der Waals surface area contributed by atoms with Crippen LogP contribution in [0.2, 0.25) is 0 Å². The number of fused-ring (bicyclic) bond motifs is 1. The molecule has 9 nitrogen and oxygen atoms in total. The smallest absolute Gasteiger partial charge is 0.231 e. The van der Waals surface area contributed by atoms with Gasteiger partial charge in [-0.25, -0.2) is 0 Å². The van der Waals surface area contributed by atoms with Gasteiger partial charge in [-0.05, 0) is 48.5 Å². The highest BCUT2D eigenvalue weighted by atomic mass is 32.2. The lowest BCUT2D eigenvalue weighted by atomic mass is 10.2. The van der Waals surface area contributed by atoms with E-state index in [4.69, 9.17) is 14.2 Å². The number of hydrogen-bond donors (Lipinski definition) is 2. The number of rotatable bonds is 10. The Kier molecular flexibility index (Phi) is 7.23. The molecular formula is C26H25N5O4S. The van der Waals surface area contributed by atoms with E-state index < -0.39 is 0 Å². The normalized spacial score (nSPS) is 11.8. The molecule has 1 aliphatic rings. The second-order valence-electron chi connectivity index (χ2n) is 7.87. The SMILES string of the molecule is COc1ccc(NCc2nnc(SCCC(=O)Nc3ccc4c(c3)OCO4)n2-c2ccccc2)cc1. The molecule has 2 N–H and O–H groups in total. The summed E-state index contributed by atoms with van der Waals surface area (Å²) in [7, 11) is 1.64. The molecule has 0 fully saturated rings. The molecule has 4 aromatic rings. The number of nitrogens with zero attached hydrogens (tertiary/aromatic N) is 3. The van der Waals surface area contributed by atoms with Gasteiger partial charge in [-0.1, -0.05) is 30.0 Å². The third-order valence-corrected chi connectivity index (χ3v) is 6.40. The lowest BCUT2D eigenvalue weighted by molar-refractivity contribution is -0.115. The number of para-hydroxylation sites is 1. The second-order valence-corrected chi connectivity index (χ2v) is 8.93. The third-order valence-electron chi connectivity index (χ3n) is 5.47. The minimum absolute atomic E-state index is 0.0893. The van der Waals surface area contributed by atoms with Crippen molar-refractivity contribution in [2.24, 2.45) is 0 Å². The largest absolute Gasteiger partial charge is 0.497 e. The molecule has 0 aliphatic carbocycles. The van der Waals surface area contributed by atoms with Crippen molar-refractivity contribution in [1.29, 1.82) is 0 Å². The van der Waals surface area contributed by atoms with Gasteiger partial charge in [0.1, 0.15) is 5.75 Å². The van der Waals surface area contributed by atoms with Crippen LogP contribution >= 0.6 is 11.8 Å². The van der Waals surface area contributed by atoms with Crippen molar-refractivity contribution < 1.29 is 19.0 Å². The molecule has 0 bridgehead atoms. The summed E-state index contributed by atoms with van der Waals surface area (Å²) in [5.41, 5.74) is 2.59. The van der Waals surface area contributed by atoms with Gasteiger partial charge in [0.2, 0.25) is 12.7 Å². The van der Waals surface area contributed by atoms with Crippen LogP contribution in [0.3, 0.4) is 0 Å². The molecule has 2 heterocycles. The molecule has 1 aromatic heterocycles. The number of nitrogens with one attached hydrogen (secondary N) is 2. The number of amides is 1. The number of carbonyl (C=O) groups is 1. The molecule has 1 aliphatic heterocycles. The van der Waals surface area contributed by atoms with Crippen molar-refractivity contribution >= 4 is 29.0 Å². The highest BCUT2D eigenvalue weighted by Gasteiger charge is 2.16. The van der Waals surface area contributed by atoms with Crippen LogP contribution < -0.4 is 24.8 Å². The van der Waals surface area contributed by atoms with Gasteiger partial charge in [0, 0.05) is 35.3 Å². The zero-order valence-electron chi connectivity index (χ0n) is 19.6. The average molecular weight is 504 g/mol. The summed E-state index contributed by atoms with van der Waals surface area (Å²) in [6, 6.07) is 23.0. The Bertz CT molecular complexity index is 1330. The van der Waals surface area contributed by atoms with E-state index in [2.05, 4.69) is 20.8 Å². The van der Waals surface area contributed by atoms with E-state index in [1.54, 1.807) is 25.3 Å². The molecule has 0 unspecified atom stereocenters. The summed E-state index contributed by atoms with van der Waals surface area (Å²) in [6.07, 6.45) is 0.320. The maximum Gasteiger partial charge on any atom is 0.231 e. The van der Waals surface area contributed by atoms with Gasteiger partial charge in [0.05, 0.1) is 13.7 Å². The van der Waals surface area contributed by atoms with Gasteiger partial charge in [0.15, 0.2) is 22.5 Å². The van der Waals surface area contributed by atoms with Crippen molar-refractivity contribution in [3.05, 3.63) is 78.6 Å². The van der Waals surface area contributed by atoms with Crippen molar-refractivity contribution in [3.63, 3.8) is 0 Å². The van der Waals surface area contributed by atoms with Gasteiger partial charge >= 0.3 is 0 Å². The Morgan fingerprint density at radius 2 is 1.78 bits per heavy atom. The summed E-state index contributed by atoms with van der Waals surface area (Å²) < 4.78 is 17.9. The highest BCUT2D eigenvalue weighted by Crippen LogP contribution is 2.34. The number of carbonyl (C=O) groups excluding carboxylic acids is 1. The van der Waals surface area contributed by atoms with Crippen molar-refractivity contribution in [2.45, 2.75) is 18.1 Å². The maximum atomic E-state index is 12.5. The van der Waals surface area contributed by atoms with E-state index in [0.29, 0.717) is 35.9 Å². The van der Waals surface area contributed by atoms with Gasteiger partial charge in [-0.3, -0.25) is 9.36 Å². The molecule has 184 valence electrons. The van der Waals surface area contributed by atoms with Crippen LogP contribution in [0.25, 0.3) is 5.69 Å². The van der Waals surface area contributed by atoms with E-state index in [9.17, 15) is 4.79 Å². The van der Waals surface area contributed by atoms with E-state index >= 15 is 0 Å². The minimum atomic E-state index is -0.0893.